The Morgan fingerprint density at radius 1 is 0.787 bits per heavy atom. The molecule has 1 saturated carbocycles. The summed E-state index contributed by atoms with van der Waals surface area (Å²) in [4.78, 5) is 60.7. The molecule has 3 fully saturated rings. The highest BCUT2D eigenvalue weighted by atomic mass is 35.5. The molecule has 4 amide bonds. The SMILES string of the molecule is COc1ccc(C23C(=O)N(Nc4ccc(Cl)cc4Cl)C(=O)C2CC2C(=CCC4C(=O)N(CCc5ccc(O)cc5)C(=O)C42)C3c2ccc(OCc3ccccc3)cc2O)cc1. The average molecular weight is 859 g/mol. The van der Waals surface area contributed by atoms with Gasteiger partial charge in [-0.3, -0.25) is 29.5 Å². The van der Waals surface area contributed by atoms with Crippen LogP contribution in [0.5, 0.6) is 23.0 Å². The van der Waals surface area contributed by atoms with E-state index in [9.17, 15) is 19.8 Å². The molecule has 0 radical (unpaired) electrons. The predicted molar refractivity (Wildman–Crippen MR) is 228 cm³/mol. The smallest absolute Gasteiger partial charge is 0.260 e. The molecular weight excluding hydrogens is 817 g/mol. The second kappa shape index (κ2) is 15.9. The first-order chi connectivity index (χ1) is 29.5. The molecule has 11 nitrogen and oxygen atoms in total. The largest absolute Gasteiger partial charge is 0.508 e. The van der Waals surface area contributed by atoms with Gasteiger partial charge in [-0.15, -0.1) is 0 Å². The van der Waals surface area contributed by atoms with E-state index in [0.29, 0.717) is 39.6 Å². The molecule has 0 aromatic heterocycles. The van der Waals surface area contributed by atoms with Crippen LogP contribution in [0.1, 0.15) is 41.0 Å². The van der Waals surface area contributed by atoms with E-state index in [0.717, 1.165) is 16.1 Å². The Labute approximate surface area is 362 Å². The van der Waals surface area contributed by atoms with Gasteiger partial charge in [0.15, 0.2) is 0 Å². The van der Waals surface area contributed by atoms with Gasteiger partial charge in [0.2, 0.25) is 11.8 Å². The summed E-state index contributed by atoms with van der Waals surface area (Å²) in [6.07, 6.45) is 2.62. The summed E-state index contributed by atoms with van der Waals surface area (Å²) in [5.74, 6) is -5.06. The van der Waals surface area contributed by atoms with Gasteiger partial charge in [-0.05, 0) is 90.4 Å². The number of methoxy groups -OCH3 is 1. The molecule has 2 saturated heterocycles. The number of imide groups is 2. The number of aromatic hydroxyl groups is 2. The normalized spacial score (nSPS) is 24.2. The highest BCUT2D eigenvalue weighted by Crippen LogP contribution is 2.65. The number of halogens is 2. The van der Waals surface area contributed by atoms with Gasteiger partial charge in [-0.2, -0.15) is 5.01 Å². The summed E-state index contributed by atoms with van der Waals surface area (Å²) in [7, 11) is 1.53. The number of fused-ring (bicyclic) bond motifs is 4. The first kappa shape index (κ1) is 40.1. The number of phenols is 2. The summed E-state index contributed by atoms with van der Waals surface area (Å²) in [5, 5.41) is 23.4. The zero-order valence-corrected chi connectivity index (χ0v) is 34.5. The second-order valence-corrected chi connectivity index (χ2v) is 16.8. The van der Waals surface area contributed by atoms with Crippen LogP contribution < -0.4 is 14.9 Å². The van der Waals surface area contributed by atoms with Gasteiger partial charge in [0, 0.05) is 29.1 Å². The number of amides is 4. The zero-order chi connectivity index (χ0) is 42.6. The van der Waals surface area contributed by atoms with Crippen molar-refractivity contribution in [1.82, 2.24) is 9.91 Å². The summed E-state index contributed by atoms with van der Waals surface area (Å²) in [5.41, 5.74) is 4.95. The number of ether oxygens (including phenoxy) is 2. The fourth-order valence-electron chi connectivity index (χ4n) is 9.98. The molecule has 13 heteroatoms. The van der Waals surface area contributed by atoms with Crippen LogP contribution in [0.15, 0.2) is 127 Å². The lowest BCUT2D eigenvalue weighted by molar-refractivity contribution is -0.141. The third-order valence-electron chi connectivity index (χ3n) is 12.8. The van der Waals surface area contributed by atoms with Crippen molar-refractivity contribution >= 4 is 52.5 Å². The maximum absolute atomic E-state index is 15.6. The third-order valence-corrected chi connectivity index (χ3v) is 13.3. The predicted octanol–water partition coefficient (Wildman–Crippen LogP) is 8.22. The Bertz CT molecular complexity index is 2580. The summed E-state index contributed by atoms with van der Waals surface area (Å²) in [6.45, 7) is 0.389. The molecule has 61 heavy (non-hydrogen) atoms. The first-order valence-electron chi connectivity index (χ1n) is 20.1. The Morgan fingerprint density at radius 2 is 1.52 bits per heavy atom. The Balaban J connectivity index is 1.17. The Hall–Kier alpha value is -6.30. The van der Waals surface area contributed by atoms with Gasteiger partial charge in [0.05, 0.1) is 41.0 Å². The van der Waals surface area contributed by atoms with Gasteiger partial charge in [0.25, 0.3) is 11.8 Å². The fraction of sp³-hybridized carbons (Fsp3) is 0.250. The average Bonchev–Trinajstić information content (AvgIpc) is 3.64. The van der Waals surface area contributed by atoms with E-state index in [1.54, 1.807) is 72.8 Å². The number of nitrogens with zero attached hydrogens (tertiary/aromatic N) is 2. The third kappa shape index (κ3) is 6.86. The van der Waals surface area contributed by atoms with Crippen LogP contribution in [-0.2, 0) is 37.6 Å². The van der Waals surface area contributed by atoms with E-state index in [-0.39, 0.29) is 60.0 Å². The maximum atomic E-state index is 15.6. The number of carbonyl (C=O) groups excluding carboxylic acids is 4. The molecule has 6 atom stereocenters. The molecule has 5 aromatic carbocycles. The maximum Gasteiger partial charge on any atom is 0.260 e. The van der Waals surface area contributed by atoms with Crippen molar-refractivity contribution in [3.8, 4) is 23.0 Å². The Kier molecular flexibility index (Phi) is 10.5. The number of allylic oxidation sites excluding steroid dienone is 2. The van der Waals surface area contributed by atoms with Crippen LogP contribution >= 0.6 is 23.2 Å². The summed E-state index contributed by atoms with van der Waals surface area (Å²) >= 11 is 12.8. The van der Waals surface area contributed by atoms with Gasteiger partial charge in [0.1, 0.15) is 29.6 Å². The number of hydrogen-bond donors (Lipinski definition) is 3. The van der Waals surface area contributed by atoms with E-state index in [1.165, 1.54) is 24.1 Å². The highest BCUT2D eigenvalue weighted by molar-refractivity contribution is 6.36. The molecule has 2 heterocycles. The summed E-state index contributed by atoms with van der Waals surface area (Å²) in [6, 6.07) is 32.8. The molecule has 2 aliphatic heterocycles. The molecule has 6 unspecified atom stereocenters. The second-order valence-electron chi connectivity index (χ2n) is 16.0. The van der Waals surface area contributed by atoms with Crippen LogP contribution in [-0.4, -0.2) is 57.4 Å². The van der Waals surface area contributed by atoms with Crippen LogP contribution in [0.25, 0.3) is 0 Å². The van der Waals surface area contributed by atoms with E-state index >= 15 is 9.59 Å². The molecule has 4 aliphatic rings. The minimum atomic E-state index is -1.65. The lowest BCUT2D eigenvalue weighted by Crippen LogP contribution is -2.53. The van der Waals surface area contributed by atoms with Crippen LogP contribution in [0, 0.1) is 23.7 Å². The van der Waals surface area contributed by atoms with Crippen molar-refractivity contribution in [1.29, 1.82) is 0 Å². The van der Waals surface area contributed by atoms with E-state index in [2.05, 4.69) is 5.43 Å². The fourth-order valence-corrected chi connectivity index (χ4v) is 10.4. The molecule has 3 N–H and O–H groups in total. The van der Waals surface area contributed by atoms with Gasteiger partial charge < -0.3 is 19.7 Å². The number of phenolic OH excluding ortho intramolecular Hbond substituents is 2. The summed E-state index contributed by atoms with van der Waals surface area (Å²) < 4.78 is 11.6. The monoisotopic (exact) mass is 857 g/mol. The van der Waals surface area contributed by atoms with Crippen molar-refractivity contribution in [3.63, 3.8) is 0 Å². The van der Waals surface area contributed by atoms with Crippen LogP contribution in [0.3, 0.4) is 0 Å². The van der Waals surface area contributed by atoms with E-state index < -0.39 is 46.8 Å². The Morgan fingerprint density at radius 3 is 2.23 bits per heavy atom. The molecule has 0 spiro atoms. The van der Waals surface area contributed by atoms with Crippen molar-refractivity contribution in [2.75, 3.05) is 19.1 Å². The van der Waals surface area contributed by atoms with Crippen molar-refractivity contribution in [2.24, 2.45) is 23.7 Å². The minimum Gasteiger partial charge on any atom is -0.508 e. The highest BCUT2D eigenvalue weighted by Gasteiger charge is 2.70. The molecule has 310 valence electrons. The number of rotatable bonds is 11. The zero-order valence-electron chi connectivity index (χ0n) is 33.0. The van der Waals surface area contributed by atoms with E-state index in [4.69, 9.17) is 32.7 Å². The molecule has 0 bridgehead atoms. The lowest BCUT2D eigenvalue weighted by atomic mass is 9.49. The topological polar surface area (TPSA) is 146 Å². The number of carbonyl (C=O) groups is 4. The first-order valence-corrected chi connectivity index (χ1v) is 20.8. The molecule has 5 aromatic rings. The number of hydrazine groups is 1. The number of nitrogens with one attached hydrogen (secondary N) is 1. The van der Waals surface area contributed by atoms with Crippen molar-refractivity contribution in [2.45, 2.75) is 37.2 Å². The number of hydrogen-bond acceptors (Lipinski definition) is 9. The van der Waals surface area contributed by atoms with Crippen LogP contribution in [0.4, 0.5) is 5.69 Å². The van der Waals surface area contributed by atoms with Gasteiger partial charge >= 0.3 is 0 Å². The van der Waals surface area contributed by atoms with E-state index in [1.807, 2.05) is 36.4 Å². The lowest BCUT2D eigenvalue weighted by Gasteiger charge is -2.50. The number of anilines is 1. The standard InChI is InChI=1S/C48H41Cl2N3O8/c1-60-32-14-9-29(10-15-32)48-38(45(57)53(47(48)59)51-40-20-11-30(49)23-39(40)50)25-37-34(43(48)35-17-16-33(24-41(35)55)61-26-28-5-3-2-4-6-28)18-19-36-42(37)46(58)52(44(36)56)22-21-27-7-12-31(54)13-8-27/h2-18,20,23-24,36-38,42-43,51,54-55H,19,21-22,25-26H2,1H3. The quantitative estimate of drug-likeness (QED) is 0.0884. The van der Waals surface area contributed by atoms with Crippen LogP contribution in [0.2, 0.25) is 10.0 Å². The molecule has 9 rings (SSSR count). The number of benzene rings is 5. The van der Waals surface area contributed by atoms with Gasteiger partial charge in [-0.1, -0.05) is 95.5 Å². The van der Waals surface area contributed by atoms with Gasteiger partial charge in [-0.25, -0.2) is 0 Å². The van der Waals surface area contributed by atoms with Crippen molar-refractivity contribution < 1.29 is 38.9 Å². The molecule has 2 aliphatic carbocycles. The van der Waals surface area contributed by atoms with Crippen molar-refractivity contribution in [3.05, 3.63) is 159 Å². The molecular formula is C48H41Cl2N3O8. The number of likely N-dealkylation sites (tertiary alicyclic amines) is 1. The minimum absolute atomic E-state index is 0.0660.